The lowest BCUT2D eigenvalue weighted by Crippen LogP contribution is -2.43. The average molecular weight is 527 g/mol. The van der Waals surface area contributed by atoms with Crippen LogP contribution < -0.4 is 0 Å². The van der Waals surface area contributed by atoms with E-state index in [0.29, 0.717) is 25.1 Å². The second-order valence-electron chi connectivity index (χ2n) is 9.57. The van der Waals surface area contributed by atoms with Gasteiger partial charge in [0.05, 0.1) is 10.7 Å². The van der Waals surface area contributed by atoms with Crippen molar-refractivity contribution in [1.29, 1.82) is 0 Å². The van der Waals surface area contributed by atoms with E-state index in [9.17, 15) is 18.0 Å². The van der Waals surface area contributed by atoms with Crippen LogP contribution in [0.1, 0.15) is 65.9 Å². The molecule has 4 aromatic rings. The van der Waals surface area contributed by atoms with Crippen molar-refractivity contribution in [1.82, 2.24) is 19.7 Å². The highest BCUT2D eigenvalue weighted by molar-refractivity contribution is 7.09. The molecule has 1 aliphatic heterocycles. The molecule has 2 unspecified atom stereocenters. The van der Waals surface area contributed by atoms with Gasteiger partial charge in [-0.3, -0.25) is 4.79 Å². The summed E-state index contributed by atoms with van der Waals surface area (Å²) in [7, 11) is 0. The Balaban J connectivity index is 1.34. The number of carbonyl (C=O) groups excluding carboxylic acids is 1. The average Bonchev–Trinajstić information content (AvgIpc) is 3.53. The molecule has 1 amide bonds. The highest BCUT2D eigenvalue weighted by atomic mass is 32.1. The van der Waals surface area contributed by atoms with Crippen LogP contribution in [0.2, 0.25) is 0 Å². The third-order valence-electron chi connectivity index (χ3n) is 7.14. The number of alkyl halides is 3. The first kappa shape index (κ1) is 25.4. The lowest BCUT2D eigenvalue weighted by molar-refractivity contribution is -0.142. The fourth-order valence-corrected chi connectivity index (χ4v) is 6.22. The van der Waals surface area contributed by atoms with E-state index in [2.05, 4.69) is 46.9 Å². The maximum absolute atomic E-state index is 13.3. The largest absolute Gasteiger partial charge is 0.435 e. The minimum absolute atomic E-state index is 0.0557. The van der Waals surface area contributed by atoms with Crippen LogP contribution in [0, 0.1) is 6.92 Å². The number of thiazole rings is 1. The Kier molecular flexibility index (Phi) is 7.07. The van der Waals surface area contributed by atoms with Gasteiger partial charge in [-0.15, -0.1) is 11.3 Å². The summed E-state index contributed by atoms with van der Waals surface area (Å²) in [5, 5.41) is 9.41. The Morgan fingerprint density at radius 1 is 1.14 bits per heavy atom. The summed E-state index contributed by atoms with van der Waals surface area (Å²) in [4.78, 5) is 19.3. The molecule has 9 heteroatoms. The molecule has 0 N–H and O–H groups in total. The summed E-state index contributed by atoms with van der Waals surface area (Å²) in [6, 6.07) is 15.8. The molecule has 1 fully saturated rings. The minimum Gasteiger partial charge on any atom is -0.320 e. The van der Waals surface area contributed by atoms with Crippen molar-refractivity contribution < 1.29 is 18.0 Å². The SMILES string of the molecule is CCC(=O)N1CCC(c2nc(CCc3cccc4ccccc34)cs2)CC1n1nc(C(F)(F)F)cc1C. The van der Waals surface area contributed by atoms with E-state index < -0.39 is 18.0 Å². The van der Waals surface area contributed by atoms with Crippen molar-refractivity contribution >= 4 is 28.0 Å². The Bertz CT molecular complexity index is 1400. The van der Waals surface area contributed by atoms with Gasteiger partial charge in [0, 0.05) is 30.0 Å². The van der Waals surface area contributed by atoms with Gasteiger partial charge in [-0.1, -0.05) is 49.4 Å². The zero-order valence-corrected chi connectivity index (χ0v) is 21.6. The second kappa shape index (κ2) is 10.3. The molecule has 0 bridgehead atoms. The fraction of sp³-hybridized carbons (Fsp3) is 0.393. The number of rotatable bonds is 6. The van der Waals surface area contributed by atoms with E-state index >= 15 is 0 Å². The third kappa shape index (κ3) is 5.28. The molecular weight excluding hydrogens is 497 g/mol. The molecule has 2 atom stereocenters. The van der Waals surface area contributed by atoms with Gasteiger partial charge in [-0.05, 0) is 55.0 Å². The van der Waals surface area contributed by atoms with Crippen molar-refractivity contribution in [2.24, 2.45) is 0 Å². The number of nitrogens with zero attached hydrogens (tertiary/aromatic N) is 4. The van der Waals surface area contributed by atoms with Crippen molar-refractivity contribution in [3.8, 4) is 0 Å². The molecule has 5 nitrogen and oxygen atoms in total. The number of aryl methyl sites for hydroxylation is 3. The molecule has 2 aromatic carbocycles. The zero-order chi connectivity index (χ0) is 26.2. The molecule has 194 valence electrons. The molecule has 37 heavy (non-hydrogen) atoms. The second-order valence-corrected chi connectivity index (χ2v) is 10.5. The van der Waals surface area contributed by atoms with Crippen LogP contribution in [-0.4, -0.2) is 32.1 Å². The lowest BCUT2D eigenvalue weighted by Gasteiger charge is -2.39. The zero-order valence-electron chi connectivity index (χ0n) is 20.8. The van der Waals surface area contributed by atoms with Gasteiger partial charge in [0.25, 0.3) is 0 Å². The van der Waals surface area contributed by atoms with Crippen LogP contribution in [0.3, 0.4) is 0 Å². The Labute approximate surface area is 217 Å². The van der Waals surface area contributed by atoms with E-state index in [1.165, 1.54) is 21.0 Å². The summed E-state index contributed by atoms with van der Waals surface area (Å²) in [6.07, 6.45) is -1.89. The van der Waals surface area contributed by atoms with E-state index in [4.69, 9.17) is 4.98 Å². The number of halogens is 3. The summed E-state index contributed by atoms with van der Waals surface area (Å²) in [5.41, 5.74) is 1.77. The molecular formula is C28H29F3N4OS. The van der Waals surface area contributed by atoms with Crippen LogP contribution in [0.5, 0.6) is 0 Å². The van der Waals surface area contributed by atoms with Gasteiger partial charge >= 0.3 is 6.18 Å². The number of amides is 1. The minimum atomic E-state index is -4.53. The van der Waals surface area contributed by atoms with E-state index in [1.807, 2.05) is 6.07 Å². The maximum Gasteiger partial charge on any atom is 0.435 e. The highest BCUT2D eigenvalue weighted by Gasteiger charge is 2.39. The number of fused-ring (bicyclic) bond motifs is 1. The van der Waals surface area contributed by atoms with Gasteiger partial charge in [0.1, 0.15) is 6.17 Å². The molecule has 3 heterocycles. The molecule has 1 aliphatic rings. The maximum atomic E-state index is 13.3. The van der Waals surface area contributed by atoms with Crippen LogP contribution in [0.15, 0.2) is 53.9 Å². The van der Waals surface area contributed by atoms with Gasteiger partial charge in [0.15, 0.2) is 5.69 Å². The first-order valence-corrected chi connectivity index (χ1v) is 13.5. The summed E-state index contributed by atoms with van der Waals surface area (Å²) < 4.78 is 41.4. The standard InChI is InChI=1S/C28H29F3N4OS/c1-3-26(36)34-14-13-21(16-25(34)35-18(2)15-24(33-35)28(29,30)31)27-32-22(17-37-27)12-11-20-9-6-8-19-7-4-5-10-23(19)20/h4-10,15,17,21,25H,3,11-14,16H2,1-2H3. The summed E-state index contributed by atoms with van der Waals surface area (Å²) in [5.74, 6) is -0.0260. The van der Waals surface area contributed by atoms with Crippen molar-refractivity contribution in [3.63, 3.8) is 0 Å². The van der Waals surface area contributed by atoms with Crippen molar-refractivity contribution in [3.05, 3.63) is 81.6 Å². The number of likely N-dealkylation sites (tertiary alicyclic amines) is 1. The molecule has 0 saturated carbocycles. The number of hydrogen-bond donors (Lipinski definition) is 0. The molecule has 0 spiro atoms. The summed E-state index contributed by atoms with van der Waals surface area (Å²) >= 11 is 1.60. The van der Waals surface area contributed by atoms with Crippen LogP contribution in [-0.2, 0) is 23.8 Å². The fourth-order valence-electron chi connectivity index (χ4n) is 5.22. The number of piperidine rings is 1. The highest BCUT2D eigenvalue weighted by Crippen LogP contribution is 2.39. The quantitative estimate of drug-likeness (QED) is 0.274. The number of benzene rings is 2. The van der Waals surface area contributed by atoms with Gasteiger partial charge in [-0.25, -0.2) is 9.67 Å². The Morgan fingerprint density at radius 2 is 1.92 bits per heavy atom. The lowest BCUT2D eigenvalue weighted by atomic mass is 9.94. The van der Waals surface area contributed by atoms with Gasteiger partial charge < -0.3 is 4.90 Å². The van der Waals surface area contributed by atoms with E-state index in [1.54, 1.807) is 30.1 Å². The normalized spacial score (nSPS) is 18.5. The van der Waals surface area contributed by atoms with Gasteiger partial charge in [-0.2, -0.15) is 18.3 Å². The van der Waals surface area contributed by atoms with Crippen molar-refractivity contribution in [2.45, 2.75) is 64.2 Å². The van der Waals surface area contributed by atoms with Crippen molar-refractivity contribution in [2.75, 3.05) is 6.54 Å². The summed E-state index contributed by atoms with van der Waals surface area (Å²) in [6.45, 7) is 3.84. The molecule has 1 saturated heterocycles. The third-order valence-corrected chi connectivity index (χ3v) is 8.20. The molecule has 5 rings (SSSR count). The number of hydrogen-bond acceptors (Lipinski definition) is 4. The van der Waals surface area contributed by atoms with Crippen LogP contribution in [0.4, 0.5) is 13.2 Å². The van der Waals surface area contributed by atoms with Crippen LogP contribution >= 0.6 is 11.3 Å². The monoisotopic (exact) mass is 526 g/mol. The Morgan fingerprint density at radius 3 is 2.68 bits per heavy atom. The molecule has 0 aliphatic carbocycles. The predicted octanol–water partition coefficient (Wildman–Crippen LogP) is 6.92. The first-order valence-electron chi connectivity index (χ1n) is 12.6. The smallest absolute Gasteiger partial charge is 0.320 e. The molecule has 0 radical (unpaired) electrons. The van der Waals surface area contributed by atoms with Crippen LogP contribution in [0.25, 0.3) is 10.8 Å². The van der Waals surface area contributed by atoms with Gasteiger partial charge in [0.2, 0.25) is 5.91 Å². The first-order chi connectivity index (χ1) is 17.7. The number of carbonyl (C=O) groups is 1. The Hall–Kier alpha value is -3.20. The van der Waals surface area contributed by atoms with E-state index in [-0.39, 0.29) is 11.8 Å². The number of aromatic nitrogens is 3. The predicted molar refractivity (Wildman–Crippen MR) is 138 cm³/mol. The topological polar surface area (TPSA) is 51.0 Å². The molecule has 2 aromatic heterocycles. The van der Waals surface area contributed by atoms with E-state index in [0.717, 1.165) is 36.0 Å².